The number of esters is 1. The van der Waals surface area contributed by atoms with Crippen molar-refractivity contribution in [2.75, 3.05) is 19.1 Å². The Kier molecular flexibility index (Phi) is 5.38. The highest BCUT2D eigenvalue weighted by atomic mass is 32.2. The topological polar surface area (TPSA) is 75.7 Å². The molecule has 1 fully saturated rings. The number of para-hydroxylation sites is 1. The summed E-state index contributed by atoms with van der Waals surface area (Å²) in [7, 11) is 1.30. The van der Waals surface area contributed by atoms with E-state index in [2.05, 4.69) is 5.32 Å². The summed E-state index contributed by atoms with van der Waals surface area (Å²) >= 11 is 0.894. The highest BCUT2D eigenvalue weighted by molar-refractivity contribution is 8.18. The number of nitrogens with one attached hydrogen (secondary N) is 1. The number of amides is 2. The first-order valence-corrected chi connectivity index (χ1v) is 8.63. The molecule has 26 heavy (non-hydrogen) atoms. The summed E-state index contributed by atoms with van der Waals surface area (Å²) in [4.78, 5) is 37.9. The van der Waals surface area contributed by atoms with Crippen molar-refractivity contribution in [1.29, 1.82) is 0 Å². The van der Waals surface area contributed by atoms with Gasteiger partial charge in [-0.3, -0.25) is 14.5 Å². The molecule has 0 radical (unpaired) electrons. The van der Waals surface area contributed by atoms with Crippen LogP contribution in [0.3, 0.4) is 0 Å². The molecule has 0 bridgehead atoms. The average molecular weight is 368 g/mol. The van der Waals surface area contributed by atoms with Gasteiger partial charge < -0.3 is 10.1 Å². The predicted molar refractivity (Wildman–Crippen MR) is 101 cm³/mol. The number of carbonyl (C=O) groups is 3. The summed E-state index contributed by atoms with van der Waals surface area (Å²) in [5.74, 6) is -0.863. The molecule has 2 aromatic rings. The van der Waals surface area contributed by atoms with Crippen molar-refractivity contribution in [2.45, 2.75) is 0 Å². The largest absolute Gasteiger partial charge is 0.465 e. The van der Waals surface area contributed by atoms with Crippen molar-refractivity contribution in [1.82, 2.24) is 4.90 Å². The minimum Gasteiger partial charge on any atom is -0.465 e. The summed E-state index contributed by atoms with van der Waals surface area (Å²) in [6.07, 6.45) is 1.69. The van der Waals surface area contributed by atoms with E-state index in [1.165, 1.54) is 7.11 Å². The molecule has 1 aliphatic heterocycles. The predicted octanol–water partition coefficient (Wildman–Crippen LogP) is 3.58. The van der Waals surface area contributed by atoms with Crippen LogP contribution in [0, 0.1) is 0 Å². The van der Waals surface area contributed by atoms with Gasteiger partial charge in [-0.25, -0.2) is 4.79 Å². The molecular formula is C19H16N2O4S. The van der Waals surface area contributed by atoms with Crippen LogP contribution in [0.15, 0.2) is 59.5 Å². The van der Waals surface area contributed by atoms with E-state index in [4.69, 9.17) is 4.74 Å². The third kappa shape index (κ3) is 3.78. The molecule has 1 saturated heterocycles. The molecule has 0 aromatic heterocycles. The summed E-state index contributed by atoms with van der Waals surface area (Å²) in [5.41, 5.74) is 1.68. The number of rotatable bonds is 5. The minimum absolute atomic E-state index is 0.0369. The Labute approximate surface area is 154 Å². The third-order valence-electron chi connectivity index (χ3n) is 3.73. The van der Waals surface area contributed by atoms with Crippen LogP contribution >= 0.6 is 11.8 Å². The van der Waals surface area contributed by atoms with E-state index in [1.807, 2.05) is 30.3 Å². The SMILES string of the molecule is COC(=O)c1ccccc1NCN1C(=O)SC(=Cc2ccccc2)C1=O. The van der Waals surface area contributed by atoms with Crippen LogP contribution in [-0.4, -0.2) is 35.8 Å². The summed E-state index contributed by atoms with van der Waals surface area (Å²) in [6, 6.07) is 16.1. The molecule has 1 heterocycles. The Morgan fingerprint density at radius 1 is 1.12 bits per heavy atom. The Bertz CT molecular complexity index is 880. The van der Waals surface area contributed by atoms with Crippen molar-refractivity contribution in [2.24, 2.45) is 0 Å². The van der Waals surface area contributed by atoms with Crippen molar-refractivity contribution >= 4 is 40.6 Å². The first kappa shape index (κ1) is 17.8. The lowest BCUT2D eigenvalue weighted by Gasteiger charge is -2.16. The Morgan fingerprint density at radius 3 is 2.54 bits per heavy atom. The lowest BCUT2D eigenvalue weighted by atomic mass is 10.2. The molecule has 1 N–H and O–H groups in total. The number of carbonyl (C=O) groups excluding carboxylic acids is 3. The summed E-state index contributed by atoms with van der Waals surface area (Å²) < 4.78 is 4.73. The minimum atomic E-state index is -0.494. The van der Waals surface area contributed by atoms with Gasteiger partial charge in [-0.1, -0.05) is 42.5 Å². The number of anilines is 1. The van der Waals surface area contributed by atoms with E-state index in [9.17, 15) is 14.4 Å². The molecule has 0 aliphatic carbocycles. The van der Waals surface area contributed by atoms with Crippen LogP contribution in [0.25, 0.3) is 6.08 Å². The van der Waals surface area contributed by atoms with Crippen molar-refractivity contribution < 1.29 is 19.1 Å². The summed E-state index contributed by atoms with van der Waals surface area (Å²) in [5, 5.41) is 2.60. The maximum atomic E-state index is 12.5. The quantitative estimate of drug-likeness (QED) is 0.642. The van der Waals surface area contributed by atoms with Gasteiger partial charge in [0.2, 0.25) is 0 Å². The highest BCUT2D eigenvalue weighted by Crippen LogP contribution is 2.32. The lowest BCUT2D eigenvalue weighted by molar-refractivity contribution is -0.122. The summed E-state index contributed by atoms with van der Waals surface area (Å²) in [6.45, 7) is -0.0369. The van der Waals surface area contributed by atoms with Crippen LogP contribution in [0.5, 0.6) is 0 Å². The lowest BCUT2D eigenvalue weighted by Crippen LogP contribution is -2.33. The monoisotopic (exact) mass is 368 g/mol. The Hall–Kier alpha value is -3.06. The zero-order valence-electron chi connectivity index (χ0n) is 14.0. The smallest absolute Gasteiger partial charge is 0.339 e. The van der Waals surface area contributed by atoms with Crippen molar-refractivity contribution in [3.8, 4) is 0 Å². The molecule has 7 heteroatoms. The first-order valence-electron chi connectivity index (χ1n) is 7.82. The number of ether oxygens (including phenoxy) is 1. The van der Waals surface area contributed by atoms with Gasteiger partial charge >= 0.3 is 5.97 Å². The molecule has 0 saturated carbocycles. The number of imide groups is 1. The Morgan fingerprint density at radius 2 is 1.81 bits per heavy atom. The first-order chi connectivity index (χ1) is 12.6. The fourth-order valence-electron chi connectivity index (χ4n) is 2.43. The van der Waals surface area contributed by atoms with Crippen LogP contribution in [0.1, 0.15) is 15.9 Å². The van der Waals surface area contributed by atoms with Crippen LogP contribution in [0.4, 0.5) is 10.5 Å². The molecule has 2 amide bonds. The number of benzene rings is 2. The van der Waals surface area contributed by atoms with Gasteiger partial charge in [-0.15, -0.1) is 0 Å². The number of hydrogen-bond acceptors (Lipinski definition) is 6. The zero-order chi connectivity index (χ0) is 18.5. The molecule has 0 atom stereocenters. The van der Waals surface area contributed by atoms with Gasteiger partial charge in [0, 0.05) is 0 Å². The third-order valence-corrected chi connectivity index (χ3v) is 4.64. The number of thioether (sulfide) groups is 1. The van der Waals surface area contributed by atoms with E-state index in [0.717, 1.165) is 22.2 Å². The van der Waals surface area contributed by atoms with E-state index in [1.54, 1.807) is 30.3 Å². The molecular weight excluding hydrogens is 352 g/mol. The maximum Gasteiger partial charge on any atom is 0.339 e. The van der Waals surface area contributed by atoms with Crippen LogP contribution in [0.2, 0.25) is 0 Å². The van der Waals surface area contributed by atoms with Gasteiger partial charge in [0.25, 0.3) is 11.1 Å². The molecule has 1 aliphatic rings. The normalized spacial score (nSPS) is 15.4. The van der Waals surface area contributed by atoms with Gasteiger partial charge in [-0.05, 0) is 35.5 Å². The second kappa shape index (κ2) is 7.88. The van der Waals surface area contributed by atoms with E-state index in [-0.39, 0.29) is 17.8 Å². The highest BCUT2D eigenvalue weighted by Gasteiger charge is 2.34. The standard InChI is InChI=1S/C19H16N2O4S/c1-25-18(23)14-9-5-6-10-15(14)20-12-21-17(22)16(26-19(21)24)11-13-7-3-2-4-8-13/h2-11,20H,12H2,1H3. The number of methoxy groups -OCH3 is 1. The fraction of sp³-hybridized carbons (Fsp3) is 0.105. The van der Waals surface area contributed by atoms with E-state index < -0.39 is 5.97 Å². The van der Waals surface area contributed by atoms with Gasteiger partial charge in [0.15, 0.2) is 0 Å². The second-order valence-electron chi connectivity index (χ2n) is 5.39. The molecule has 6 nitrogen and oxygen atoms in total. The van der Waals surface area contributed by atoms with E-state index >= 15 is 0 Å². The molecule has 0 spiro atoms. The Balaban J connectivity index is 1.74. The van der Waals surface area contributed by atoms with Crippen LogP contribution in [-0.2, 0) is 9.53 Å². The van der Waals surface area contributed by atoms with Gasteiger partial charge in [0.05, 0.1) is 29.9 Å². The van der Waals surface area contributed by atoms with Gasteiger partial charge in [-0.2, -0.15) is 0 Å². The molecule has 132 valence electrons. The number of hydrogen-bond donors (Lipinski definition) is 1. The molecule has 3 rings (SSSR count). The van der Waals surface area contributed by atoms with Crippen molar-refractivity contribution in [3.63, 3.8) is 0 Å². The zero-order valence-corrected chi connectivity index (χ0v) is 14.8. The van der Waals surface area contributed by atoms with Crippen LogP contribution < -0.4 is 5.32 Å². The second-order valence-corrected chi connectivity index (χ2v) is 6.39. The molecule has 2 aromatic carbocycles. The molecule has 0 unspecified atom stereocenters. The van der Waals surface area contributed by atoms with Crippen molar-refractivity contribution in [3.05, 3.63) is 70.6 Å². The fourth-order valence-corrected chi connectivity index (χ4v) is 3.26. The maximum absolute atomic E-state index is 12.5. The average Bonchev–Trinajstić information content (AvgIpc) is 2.93. The van der Waals surface area contributed by atoms with E-state index in [0.29, 0.717) is 16.2 Å². The van der Waals surface area contributed by atoms with Gasteiger partial charge in [0.1, 0.15) is 0 Å². The number of nitrogens with zero attached hydrogens (tertiary/aromatic N) is 1.